The predicted octanol–water partition coefficient (Wildman–Crippen LogP) is -0.607. The number of hydrogen-bond acceptors (Lipinski definition) is 6. The molecule has 13 heavy (non-hydrogen) atoms. The molecule has 0 amide bonds. The molecule has 0 aliphatic carbocycles. The summed E-state index contributed by atoms with van der Waals surface area (Å²) in [5.74, 6) is -2.66. The highest BCUT2D eigenvalue weighted by Gasteiger charge is 2.13. The van der Waals surface area contributed by atoms with Crippen molar-refractivity contribution in [2.75, 3.05) is 0 Å². The van der Waals surface area contributed by atoms with Crippen LogP contribution in [0.2, 0.25) is 0 Å². The molecule has 0 radical (unpaired) electrons. The molecule has 0 saturated heterocycles. The molecule has 0 atom stereocenters. The Morgan fingerprint density at radius 1 is 0.923 bits per heavy atom. The van der Waals surface area contributed by atoms with Crippen molar-refractivity contribution in [3.05, 3.63) is 0 Å². The van der Waals surface area contributed by atoms with Crippen LogP contribution in [0.25, 0.3) is 0 Å². The Morgan fingerprint density at radius 3 is 1.31 bits per heavy atom. The summed E-state index contributed by atoms with van der Waals surface area (Å²) in [5.41, 5.74) is 0. The monoisotopic (exact) mass is 190 g/mol. The predicted molar refractivity (Wildman–Crippen MR) is 42.4 cm³/mol. The second-order valence-electron chi connectivity index (χ2n) is 2.12. The number of hydrogen-bond donors (Lipinski definition) is 0. The van der Waals surface area contributed by atoms with Crippen LogP contribution in [0, 0.1) is 0 Å². The molecule has 0 aromatic rings. The molecule has 0 bridgehead atoms. The van der Waals surface area contributed by atoms with E-state index in [0.29, 0.717) is 0 Å². The number of carbonyl (C=O) groups excluding carboxylic acids is 3. The summed E-state index contributed by atoms with van der Waals surface area (Å²) in [6, 6.07) is 0. The van der Waals surface area contributed by atoms with Crippen LogP contribution < -0.4 is 0 Å². The van der Waals surface area contributed by atoms with Gasteiger partial charge in [0.15, 0.2) is 0 Å². The van der Waals surface area contributed by atoms with Gasteiger partial charge in [0.05, 0.1) is 0 Å². The lowest BCUT2D eigenvalue weighted by Crippen LogP contribution is -2.32. The van der Waals surface area contributed by atoms with Crippen LogP contribution in [0.3, 0.4) is 0 Å². The van der Waals surface area contributed by atoms with Crippen molar-refractivity contribution < 1.29 is 28.3 Å². The van der Waals surface area contributed by atoms with Gasteiger partial charge in [-0.2, -0.15) is 0 Å². The summed E-state index contributed by atoms with van der Waals surface area (Å²) >= 11 is 0. The van der Waals surface area contributed by atoms with E-state index in [-0.39, 0.29) is 0 Å². The Balaban J connectivity index is 4.56. The quantitative estimate of drug-likeness (QED) is 0.552. The summed E-state index contributed by atoms with van der Waals surface area (Å²) in [6.45, 7) is 2.99. The Labute approximate surface area is 76.7 Å². The van der Waals surface area contributed by atoms with Crippen LogP contribution in [-0.4, -0.2) is 26.5 Å². The van der Waals surface area contributed by atoms with Gasteiger partial charge in [0.25, 0.3) is 17.9 Å². The fourth-order valence-electron chi connectivity index (χ4n) is 0.479. The van der Waals surface area contributed by atoms with E-state index in [0.717, 1.165) is 20.8 Å². The summed E-state index contributed by atoms with van der Waals surface area (Å²) < 4.78 is 20.0. The van der Waals surface area contributed by atoms with Crippen LogP contribution in [0.1, 0.15) is 20.8 Å². The van der Waals surface area contributed by atoms with Gasteiger partial charge in [-0.15, -0.1) is 0 Å². The highest BCUT2D eigenvalue weighted by molar-refractivity contribution is 6.43. The highest BCUT2D eigenvalue weighted by Crippen LogP contribution is 1.94. The maximum absolute atomic E-state index is 10.5. The highest BCUT2D eigenvalue weighted by atomic mass is 16.8. The summed E-state index contributed by atoms with van der Waals surface area (Å²) in [7, 11) is -3.41. The topological polar surface area (TPSA) is 78.9 Å². The third-order valence-electron chi connectivity index (χ3n) is 0.787. The third-order valence-corrected chi connectivity index (χ3v) is 0.787. The molecular formula is C6H10BO6-. The largest absolute Gasteiger partial charge is 0.625 e. The zero-order chi connectivity index (χ0) is 11.4. The van der Waals surface area contributed by atoms with Gasteiger partial charge in [0.1, 0.15) is 0 Å². The molecule has 74 valence electrons. The fourth-order valence-corrected chi connectivity index (χ4v) is 0.479. The first kappa shape index (κ1) is 9.56. The van der Waals surface area contributed by atoms with Crippen LogP contribution in [0.4, 0.5) is 0 Å². The lowest BCUT2D eigenvalue weighted by atomic mass is 10.2. The standard InChI is InChI=1S/C6H10BO6/c1-4(8)11-7(12-5(2)9)13-6(3)10/h7H,1-3H3/q-1/i7D. The molecule has 0 rings (SSSR count). The van der Waals surface area contributed by atoms with E-state index in [4.69, 9.17) is 1.34 Å². The van der Waals surface area contributed by atoms with Gasteiger partial charge in [-0.1, -0.05) is 1.34 Å². The van der Waals surface area contributed by atoms with Gasteiger partial charge in [-0.3, -0.25) is 14.4 Å². The van der Waals surface area contributed by atoms with E-state index in [1.54, 1.807) is 0 Å². The minimum atomic E-state index is -3.41. The number of rotatable bonds is 3. The molecule has 7 heteroatoms. The first-order chi connectivity index (χ1) is 6.25. The van der Waals surface area contributed by atoms with Crippen LogP contribution >= 0.6 is 0 Å². The minimum Gasteiger partial charge on any atom is -0.625 e. The molecule has 0 unspecified atom stereocenters. The van der Waals surface area contributed by atoms with Crippen LogP contribution in [-0.2, 0) is 28.3 Å². The molecule has 0 aliphatic heterocycles. The molecule has 0 saturated carbocycles. The maximum atomic E-state index is 10.5. The van der Waals surface area contributed by atoms with E-state index in [9.17, 15) is 14.4 Å². The summed E-state index contributed by atoms with van der Waals surface area (Å²) in [4.78, 5) is 31.5. The maximum Gasteiger partial charge on any atom is 0.541 e. The fraction of sp³-hybridized carbons (Fsp3) is 0.500. The van der Waals surface area contributed by atoms with Crippen LogP contribution in [0.5, 0.6) is 0 Å². The molecule has 0 fully saturated rings. The van der Waals surface area contributed by atoms with E-state index >= 15 is 0 Å². The van der Waals surface area contributed by atoms with Crippen molar-refractivity contribution >= 4 is 25.2 Å². The first-order valence-corrected chi connectivity index (χ1v) is 3.43. The second-order valence-corrected chi connectivity index (χ2v) is 2.12. The second kappa shape index (κ2) is 5.18. The molecule has 0 aromatic carbocycles. The SMILES string of the molecule is [2H][B-](OC(C)=O)(OC(C)=O)OC(C)=O. The van der Waals surface area contributed by atoms with Gasteiger partial charge in [0, 0.05) is 20.8 Å². The van der Waals surface area contributed by atoms with Crippen molar-refractivity contribution in [2.45, 2.75) is 20.8 Å². The third kappa shape index (κ3) is 6.86. The van der Waals surface area contributed by atoms with E-state index < -0.39 is 25.2 Å². The van der Waals surface area contributed by atoms with E-state index in [1.165, 1.54) is 0 Å². The van der Waals surface area contributed by atoms with E-state index in [1.807, 2.05) is 0 Å². The van der Waals surface area contributed by atoms with E-state index in [2.05, 4.69) is 14.0 Å². The Hall–Kier alpha value is -1.53. The van der Waals surface area contributed by atoms with Crippen molar-refractivity contribution in [1.29, 1.82) is 1.34 Å². The van der Waals surface area contributed by atoms with Crippen molar-refractivity contribution in [3.8, 4) is 0 Å². The molecular weight excluding hydrogens is 179 g/mol. The average Bonchev–Trinajstić information content (AvgIpc) is 1.76. The van der Waals surface area contributed by atoms with Gasteiger partial charge >= 0.3 is 7.28 Å². The molecule has 0 aromatic heterocycles. The molecule has 0 heterocycles. The first-order valence-electron chi connectivity index (χ1n) is 4.01. The molecule has 0 spiro atoms. The van der Waals surface area contributed by atoms with Gasteiger partial charge < -0.3 is 14.0 Å². The van der Waals surface area contributed by atoms with Crippen molar-refractivity contribution in [2.24, 2.45) is 0 Å². The summed E-state index contributed by atoms with van der Waals surface area (Å²) in [6.07, 6.45) is 0. The zero-order valence-corrected chi connectivity index (χ0v) is 7.53. The lowest BCUT2D eigenvalue weighted by molar-refractivity contribution is -0.144. The summed E-state index contributed by atoms with van der Waals surface area (Å²) in [5, 5.41) is 0. The van der Waals surface area contributed by atoms with Crippen molar-refractivity contribution in [3.63, 3.8) is 0 Å². The molecule has 0 aliphatic rings. The lowest BCUT2D eigenvalue weighted by Gasteiger charge is -2.25. The zero-order valence-electron chi connectivity index (χ0n) is 8.53. The number of carbonyl (C=O) groups is 3. The van der Waals surface area contributed by atoms with Gasteiger partial charge in [0.2, 0.25) is 0 Å². The van der Waals surface area contributed by atoms with Crippen LogP contribution in [0.15, 0.2) is 0 Å². The van der Waals surface area contributed by atoms with Gasteiger partial charge in [-0.05, 0) is 0 Å². The molecule has 6 nitrogen and oxygen atoms in total. The smallest absolute Gasteiger partial charge is 0.541 e. The Bertz CT molecular complexity index is 224. The Kier molecular flexibility index (Phi) is 3.81. The average molecular weight is 190 g/mol. The normalized spacial score (nSPS) is 11.2. The van der Waals surface area contributed by atoms with Crippen molar-refractivity contribution in [1.82, 2.24) is 0 Å². The molecule has 0 N–H and O–H groups in total. The van der Waals surface area contributed by atoms with Gasteiger partial charge in [-0.25, -0.2) is 0 Å². The Morgan fingerprint density at radius 2 is 1.15 bits per heavy atom. The minimum absolute atomic E-state index is 0.887.